The molecule has 3 nitrogen and oxygen atoms in total. The number of rotatable bonds is 11. The molecule has 2 rings (SSSR count). The first-order valence-corrected chi connectivity index (χ1v) is 10.1. The highest BCUT2D eigenvalue weighted by Crippen LogP contribution is 2.35. The molecule has 0 amide bonds. The van der Waals surface area contributed by atoms with Gasteiger partial charge in [-0.05, 0) is 55.2 Å². The van der Waals surface area contributed by atoms with E-state index in [0.29, 0.717) is 6.42 Å². The van der Waals surface area contributed by atoms with Gasteiger partial charge in [0, 0.05) is 6.42 Å². The van der Waals surface area contributed by atoms with Crippen LogP contribution in [0.1, 0.15) is 89.0 Å². The highest BCUT2D eigenvalue weighted by atomic mass is 16.5. The summed E-state index contributed by atoms with van der Waals surface area (Å²) in [5.74, 6) is 1.94. The van der Waals surface area contributed by atoms with Crippen molar-refractivity contribution in [2.75, 3.05) is 6.61 Å². The van der Waals surface area contributed by atoms with Gasteiger partial charge in [-0.3, -0.25) is 4.79 Å². The summed E-state index contributed by atoms with van der Waals surface area (Å²) >= 11 is 0. The Balaban J connectivity index is 1.54. The van der Waals surface area contributed by atoms with E-state index in [4.69, 9.17) is 9.84 Å². The number of carboxylic acids is 1. The Hall–Kier alpha value is -1.51. The molecular weight excluding hydrogens is 312 g/mol. The number of hydrogen-bond donors (Lipinski definition) is 1. The number of carbonyl (C=O) groups is 1. The average Bonchev–Trinajstić information content (AvgIpc) is 2.61. The van der Waals surface area contributed by atoms with Gasteiger partial charge in [0.1, 0.15) is 5.75 Å². The summed E-state index contributed by atoms with van der Waals surface area (Å²) in [5, 5.41) is 8.58. The Morgan fingerprint density at radius 3 is 2.20 bits per heavy atom. The van der Waals surface area contributed by atoms with E-state index in [9.17, 15) is 4.79 Å². The second kappa shape index (κ2) is 11.2. The first kappa shape index (κ1) is 19.8. The van der Waals surface area contributed by atoms with Crippen LogP contribution in [0.25, 0.3) is 0 Å². The first-order valence-electron chi connectivity index (χ1n) is 10.1. The molecule has 1 aromatic rings. The zero-order valence-corrected chi connectivity index (χ0v) is 15.7. The molecule has 0 spiro atoms. The maximum atomic E-state index is 10.4. The summed E-state index contributed by atoms with van der Waals surface area (Å²) < 4.78 is 5.85. The monoisotopic (exact) mass is 346 g/mol. The molecule has 0 unspecified atom stereocenters. The molecule has 1 aliphatic carbocycles. The third-order valence-corrected chi connectivity index (χ3v) is 5.42. The Bertz CT molecular complexity index is 486. The smallest absolute Gasteiger partial charge is 0.303 e. The van der Waals surface area contributed by atoms with Crippen molar-refractivity contribution in [2.45, 2.75) is 83.5 Å². The Labute approximate surface area is 152 Å². The lowest BCUT2D eigenvalue weighted by molar-refractivity contribution is -0.137. The lowest BCUT2D eigenvalue weighted by Gasteiger charge is -2.26. The lowest BCUT2D eigenvalue weighted by atomic mass is 9.79. The minimum absolute atomic E-state index is 0.305. The van der Waals surface area contributed by atoms with Gasteiger partial charge >= 0.3 is 5.97 Å². The summed E-state index contributed by atoms with van der Waals surface area (Å²) in [7, 11) is 0. The van der Waals surface area contributed by atoms with Gasteiger partial charge in [-0.2, -0.15) is 0 Å². The van der Waals surface area contributed by atoms with E-state index in [0.717, 1.165) is 56.3 Å². The number of unbranched alkanes of at least 4 members (excludes halogenated alkanes) is 5. The number of hydrogen-bond acceptors (Lipinski definition) is 2. The van der Waals surface area contributed by atoms with Crippen LogP contribution in [-0.4, -0.2) is 17.7 Å². The summed E-state index contributed by atoms with van der Waals surface area (Å²) in [5.41, 5.74) is 1.47. The van der Waals surface area contributed by atoms with E-state index >= 15 is 0 Å². The van der Waals surface area contributed by atoms with Crippen LogP contribution in [0.15, 0.2) is 24.3 Å². The van der Waals surface area contributed by atoms with Crippen molar-refractivity contribution in [3.05, 3.63) is 29.8 Å². The standard InChI is InChI=1S/C22H34O3/c1-18-9-11-19(12-10-18)20-13-15-21(16-14-20)25-17-7-5-3-2-4-6-8-22(23)24/h13-16,18-19H,2-12,17H2,1H3,(H,23,24). The van der Waals surface area contributed by atoms with Crippen LogP contribution in [0, 0.1) is 5.92 Å². The van der Waals surface area contributed by atoms with E-state index in [-0.39, 0.29) is 0 Å². The zero-order chi connectivity index (χ0) is 17.9. The van der Waals surface area contributed by atoms with Gasteiger partial charge in [0.2, 0.25) is 0 Å². The molecule has 1 fully saturated rings. The van der Waals surface area contributed by atoms with Crippen LogP contribution in [0.3, 0.4) is 0 Å². The van der Waals surface area contributed by atoms with Crippen LogP contribution in [0.4, 0.5) is 0 Å². The van der Waals surface area contributed by atoms with Crippen LogP contribution in [-0.2, 0) is 4.79 Å². The van der Waals surface area contributed by atoms with Gasteiger partial charge in [-0.25, -0.2) is 0 Å². The summed E-state index contributed by atoms with van der Waals surface area (Å²) in [6, 6.07) is 8.75. The number of aliphatic carboxylic acids is 1. The van der Waals surface area contributed by atoms with E-state index in [1.54, 1.807) is 0 Å². The highest BCUT2D eigenvalue weighted by molar-refractivity contribution is 5.66. The van der Waals surface area contributed by atoms with E-state index in [1.165, 1.54) is 37.7 Å². The molecular formula is C22H34O3. The molecule has 1 N–H and O–H groups in total. The van der Waals surface area contributed by atoms with Crippen molar-refractivity contribution >= 4 is 5.97 Å². The Morgan fingerprint density at radius 2 is 1.56 bits per heavy atom. The molecule has 1 aliphatic rings. The topological polar surface area (TPSA) is 46.5 Å². The molecule has 0 bridgehead atoms. The number of ether oxygens (including phenoxy) is 1. The fourth-order valence-corrected chi connectivity index (χ4v) is 3.71. The third-order valence-electron chi connectivity index (χ3n) is 5.42. The zero-order valence-electron chi connectivity index (χ0n) is 15.7. The van der Waals surface area contributed by atoms with Crippen LogP contribution in [0.2, 0.25) is 0 Å². The maximum Gasteiger partial charge on any atom is 0.303 e. The van der Waals surface area contributed by atoms with Gasteiger partial charge in [0.25, 0.3) is 0 Å². The molecule has 0 saturated heterocycles. The Kier molecular flexibility index (Phi) is 8.85. The third kappa shape index (κ3) is 7.94. The molecule has 25 heavy (non-hydrogen) atoms. The lowest BCUT2D eigenvalue weighted by Crippen LogP contribution is -2.10. The highest BCUT2D eigenvalue weighted by Gasteiger charge is 2.19. The normalized spacial score (nSPS) is 20.4. The van der Waals surface area contributed by atoms with Crippen molar-refractivity contribution in [1.29, 1.82) is 0 Å². The van der Waals surface area contributed by atoms with Crippen molar-refractivity contribution in [1.82, 2.24) is 0 Å². The summed E-state index contributed by atoms with van der Waals surface area (Å²) in [6.07, 6.45) is 12.0. The quantitative estimate of drug-likeness (QED) is 0.487. The maximum absolute atomic E-state index is 10.4. The largest absolute Gasteiger partial charge is 0.494 e. The SMILES string of the molecule is CC1CCC(c2ccc(OCCCCCCCCC(=O)O)cc2)CC1. The molecule has 0 radical (unpaired) electrons. The summed E-state index contributed by atoms with van der Waals surface area (Å²) in [4.78, 5) is 10.4. The molecule has 0 atom stereocenters. The minimum atomic E-state index is -0.683. The molecule has 3 heteroatoms. The van der Waals surface area contributed by atoms with E-state index in [2.05, 4.69) is 31.2 Å². The minimum Gasteiger partial charge on any atom is -0.494 e. The molecule has 1 saturated carbocycles. The van der Waals surface area contributed by atoms with Gasteiger partial charge in [0.15, 0.2) is 0 Å². The van der Waals surface area contributed by atoms with E-state index in [1.807, 2.05) is 0 Å². The molecule has 0 aromatic heterocycles. The second-order valence-electron chi connectivity index (χ2n) is 7.64. The van der Waals surface area contributed by atoms with E-state index < -0.39 is 5.97 Å². The number of benzene rings is 1. The molecule has 1 aromatic carbocycles. The first-order chi connectivity index (χ1) is 12.1. The van der Waals surface area contributed by atoms with Crippen LogP contribution in [0.5, 0.6) is 5.75 Å². The number of carboxylic acid groups (broad SMARTS) is 1. The van der Waals surface area contributed by atoms with Gasteiger partial charge in [0.05, 0.1) is 6.61 Å². The van der Waals surface area contributed by atoms with Crippen molar-refractivity contribution in [2.24, 2.45) is 5.92 Å². The van der Waals surface area contributed by atoms with Gasteiger partial charge < -0.3 is 9.84 Å². The predicted molar refractivity (Wildman–Crippen MR) is 102 cm³/mol. The predicted octanol–water partition coefficient (Wildman–Crippen LogP) is 6.17. The Morgan fingerprint density at radius 1 is 0.960 bits per heavy atom. The van der Waals surface area contributed by atoms with Crippen molar-refractivity contribution in [3.8, 4) is 5.75 Å². The average molecular weight is 347 g/mol. The molecule has 140 valence electrons. The van der Waals surface area contributed by atoms with Gasteiger partial charge in [-0.15, -0.1) is 0 Å². The molecule has 0 heterocycles. The van der Waals surface area contributed by atoms with Crippen LogP contribution < -0.4 is 4.74 Å². The second-order valence-corrected chi connectivity index (χ2v) is 7.64. The molecule has 0 aliphatic heterocycles. The van der Waals surface area contributed by atoms with Crippen molar-refractivity contribution in [3.63, 3.8) is 0 Å². The fraction of sp³-hybridized carbons (Fsp3) is 0.682. The van der Waals surface area contributed by atoms with Crippen LogP contribution >= 0.6 is 0 Å². The van der Waals surface area contributed by atoms with Gasteiger partial charge in [-0.1, -0.05) is 57.6 Å². The summed E-state index contributed by atoms with van der Waals surface area (Å²) in [6.45, 7) is 3.14. The van der Waals surface area contributed by atoms with Crippen molar-refractivity contribution < 1.29 is 14.6 Å². The fourth-order valence-electron chi connectivity index (χ4n) is 3.71.